The summed E-state index contributed by atoms with van der Waals surface area (Å²) in [6, 6.07) is 0. The van der Waals surface area contributed by atoms with Crippen LogP contribution in [0.2, 0.25) is 0 Å². The maximum atomic E-state index is 10.1. The quantitative estimate of drug-likeness (QED) is 0.508. The molecule has 0 aliphatic carbocycles. The lowest BCUT2D eigenvalue weighted by molar-refractivity contribution is -0.118. The van der Waals surface area contributed by atoms with E-state index in [0.717, 1.165) is 0 Å². The molecular weight excluding hydrogens is 132 g/mol. The maximum Gasteiger partial charge on any atom is 0.241 e. The number of carbonyl (C=O) groups excluding carboxylic acids is 2. The van der Waals surface area contributed by atoms with Gasteiger partial charge < -0.3 is 11.5 Å². The highest BCUT2D eigenvalue weighted by molar-refractivity contribution is 5.85. The molecule has 4 N–H and O–H groups in total. The van der Waals surface area contributed by atoms with Gasteiger partial charge in [-0.3, -0.25) is 9.59 Å². The largest absolute Gasteiger partial charge is 0.370 e. The van der Waals surface area contributed by atoms with E-state index in [-0.39, 0.29) is 12.3 Å². The number of hydrogen-bond donors (Lipinski definition) is 2. The zero-order valence-electron chi connectivity index (χ0n) is 5.54. The van der Waals surface area contributed by atoms with Crippen LogP contribution in [0.3, 0.4) is 0 Å². The monoisotopic (exact) mass is 142 g/mol. The molecule has 0 unspecified atom stereocenters. The molecule has 0 aromatic heterocycles. The lowest BCUT2D eigenvalue weighted by Crippen LogP contribution is -2.09. The fourth-order valence-corrected chi connectivity index (χ4v) is 0.425. The number of nitrogens with two attached hydrogens (primary N) is 2. The van der Waals surface area contributed by atoms with Gasteiger partial charge in [0, 0.05) is 6.42 Å². The van der Waals surface area contributed by atoms with Crippen molar-refractivity contribution in [3.8, 4) is 0 Å². The Kier molecular flexibility index (Phi) is 3.95. The van der Waals surface area contributed by atoms with Crippen LogP contribution in [0.4, 0.5) is 0 Å². The molecule has 0 spiro atoms. The maximum absolute atomic E-state index is 10.1. The standard InChI is InChI=1S/C6H10N2O2/c7-5(9)3-1-2-4-6(8)10/h1,3H,2,4H2,(H2,7,9)(H2,8,10)/b3-1+. The number of rotatable bonds is 4. The van der Waals surface area contributed by atoms with E-state index < -0.39 is 5.91 Å². The Bertz CT molecular complexity index is 163. The molecule has 0 saturated carbocycles. The van der Waals surface area contributed by atoms with E-state index in [0.29, 0.717) is 6.42 Å². The van der Waals surface area contributed by atoms with E-state index in [2.05, 4.69) is 0 Å². The molecule has 10 heavy (non-hydrogen) atoms. The highest BCUT2D eigenvalue weighted by Crippen LogP contribution is 1.87. The van der Waals surface area contributed by atoms with Gasteiger partial charge >= 0.3 is 0 Å². The molecule has 2 amide bonds. The Morgan fingerprint density at radius 3 is 2.30 bits per heavy atom. The summed E-state index contributed by atoms with van der Waals surface area (Å²) in [5, 5.41) is 0. The summed E-state index contributed by atoms with van der Waals surface area (Å²) < 4.78 is 0. The number of primary amides is 2. The van der Waals surface area contributed by atoms with Crippen molar-refractivity contribution in [1.29, 1.82) is 0 Å². The van der Waals surface area contributed by atoms with Gasteiger partial charge in [-0.1, -0.05) is 6.08 Å². The first-order valence-electron chi connectivity index (χ1n) is 2.87. The van der Waals surface area contributed by atoms with Crippen LogP contribution in [0.1, 0.15) is 12.8 Å². The van der Waals surface area contributed by atoms with Crippen LogP contribution in [0.25, 0.3) is 0 Å². The van der Waals surface area contributed by atoms with Crippen molar-refractivity contribution < 1.29 is 9.59 Å². The highest BCUT2D eigenvalue weighted by Gasteiger charge is 1.89. The van der Waals surface area contributed by atoms with E-state index in [1.54, 1.807) is 0 Å². The van der Waals surface area contributed by atoms with Crippen LogP contribution in [-0.4, -0.2) is 11.8 Å². The molecule has 0 atom stereocenters. The molecule has 0 aliphatic rings. The molecule has 0 aromatic carbocycles. The second-order valence-electron chi connectivity index (χ2n) is 1.81. The summed E-state index contributed by atoms with van der Waals surface area (Å²) in [6.45, 7) is 0. The number of allylic oxidation sites excluding steroid dienone is 1. The summed E-state index contributed by atoms with van der Waals surface area (Å²) in [4.78, 5) is 20.2. The Balaban J connectivity index is 3.36. The molecule has 4 nitrogen and oxygen atoms in total. The lowest BCUT2D eigenvalue weighted by Gasteiger charge is -1.86. The van der Waals surface area contributed by atoms with E-state index in [9.17, 15) is 9.59 Å². The predicted octanol–water partition coefficient (Wildman–Crippen LogP) is -0.707. The molecule has 0 aromatic rings. The van der Waals surface area contributed by atoms with Crippen LogP contribution in [-0.2, 0) is 9.59 Å². The lowest BCUT2D eigenvalue weighted by atomic mass is 10.3. The first-order valence-corrected chi connectivity index (χ1v) is 2.87. The minimum Gasteiger partial charge on any atom is -0.370 e. The molecule has 0 rings (SSSR count). The van der Waals surface area contributed by atoms with E-state index >= 15 is 0 Å². The minimum atomic E-state index is -0.510. The molecule has 0 aliphatic heterocycles. The van der Waals surface area contributed by atoms with Gasteiger partial charge in [0.25, 0.3) is 0 Å². The molecule has 0 heterocycles. The van der Waals surface area contributed by atoms with E-state index in [4.69, 9.17) is 11.5 Å². The summed E-state index contributed by atoms with van der Waals surface area (Å²) in [5.41, 5.74) is 9.59. The zero-order chi connectivity index (χ0) is 7.98. The Morgan fingerprint density at radius 2 is 1.90 bits per heavy atom. The summed E-state index contributed by atoms with van der Waals surface area (Å²) >= 11 is 0. The van der Waals surface area contributed by atoms with Gasteiger partial charge in [0.1, 0.15) is 0 Å². The van der Waals surface area contributed by atoms with Crippen LogP contribution in [0, 0.1) is 0 Å². The Morgan fingerprint density at radius 1 is 1.30 bits per heavy atom. The van der Waals surface area contributed by atoms with Gasteiger partial charge in [0.05, 0.1) is 0 Å². The smallest absolute Gasteiger partial charge is 0.241 e. The van der Waals surface area contributed by atoms with Crippen molar-refractivity contribution >= 4 is 11.8 Å². The third-order valence-electron chi connectivity index (χ3n) is 0.840. The SMILES string of the molecule is NC(=O)/C=C/CCC(N)=O. The summed E-state index contributed by atoms with van der Waals surface area (Å²) in [7, 11) is 0. The molecule has 56 valence electrons. The third kappa shape index (κ3) is 6.68. The molecular formula is C6H10N2O2. The summed E-state index contributed by atoms with van der Waals surface area (Å²) in [6.07, 6.45) is 3.46. The number of hydrogen-bond acceptors (Lipinski definition) is 2. The van der Waals surface area contributed by atoms with Crippen molar-refractivity contribution in [3.05, 3.63) is 12.2 Å². The Labute approximate surface area is 58.9 Å². The average molecular weight is 142 g/mol. The second kappa shape index (κ2) is 4.55. The fourth-order valence-electron chi connectivity index (χ4n) is 0.425. The van der Waals surface area contributed by atoms with Crippen molar-refractivity contribution in [2.75, 3.05) is 0 Å². The minimum absolute atomic E-state index is 0.254. The molecule has 0 saturated heterocycles. The van der Waals surface area contributed by atoms with Gasteiger partial charge in [-0.05, 0) is 12.5 Å². The fraction of sp³-hybridized carbons (Fsp3) is 0.333. The molecule has 0 radical (unpaired) electrons. The van der Waals surface area contributed by atoms with Gasteiger partial charge in [-0.2, -0.15) is 0 Å². The topological polar surface area (TPSA) is 86.2 Å². The van der Waals surface area contributed by atoms with E-state index in [1.165, 1.54) is 12.2 Å². The van der Waals surface area contributed by atoms with Gasteiger partial charge in [0.2, 0.25) is 11.8 Å². The van der Waals surface area contributed by atoms with Crippen molar-refractivity contribution in [3.63, 3.8) is 0 Å². The van der Waals surface area contributed by atoms with Gasteiger partial charge in [-0.25, -0.2) is 0 Å². The van der Waals surface area contributed by atoms with Crippen molar-refractivity contribution in [1.82, 2.24) is 0 Å². The van der Waals surface area contributed by atoms with Crippen LogP contribution in [0.5, 0.6) is 0 Å². The first-order chi connectivity index (χ1) is 4.63. The van der Waals surface area contributed by atoms with E-state index in [1.807, 2.05) is 0 Å². The first kappa shape index (κ1) is 8.68. The van der Waals surface area contributed by atoms with Gasteiger partial charge in [-0.15, -0.1) is 0 Å². The summed E-state index contributed by atoms with van der Waals surface area (Å²) in [5.74, 6) is -0.890. The van der Waals surface area contributed by atoms with Crippen LogP contribution >= 0.6 is 0 Å². The van der Waals surface area contributed by atoms with Crippen molar-refractivity contribution in [2.24, 2.45) is 11.5 Å². The second-order valence-corrected chi connectivity index (χ2v) is 1.81. The zero-order valence-corrected chi connectivity index (χ0v) is 5.54. The molecule has 4 heteroatoms. The van der Waals surface area contributed by atoms with Crippen molar-refractivity contribution in [2.45, 2.75) is 12.8 Å². The number of carbonyl (C=O) groups is 2. The Hall–Kier alpha value is -1.32. The number of amides is 2. The average Bonchev–Trinajstić information content (AvgIpc) is 1.79. The van der Waals surface area contributed by atoms with Crippen LogP contribution in [0.15, 0.2) is 12.2 Å². The third-order valence-corrected chi connectivity index (χ3v) is 0.840. The van der Waals surface area contributed by atoms with Crippen LogP contribution < -0.4 is 11.5 Å². The predicted molar refractivity (Wildman–Crippen MR) is 36.8 cm³/mol. The highest BCUT2D eigenvalue weighted by atomic mass is 16.1. The molecule has 0 bridgehead atoms. The van der Waals surface area contributed by atoms with Gasteiger partial charge in [0.15, 0.2) is 0 Å². The normalized spacial score (nSPS) is 10.0. The molecule has 0 fully saturated rings.